The molecule has 124 valence electrons. The minimum atomic E-state index is -0.241. The number of rotatable bonds is 13. The predicted molar refractivity (Wildman–Crippen MR) is 92.2 cm³/mol. The van der Waals surface area contributed by atoms with Crippen molar-refractivity contribution in [2.24, 2.45) is 0 Å². The van der Waals surface area contributed by atoms with Crippen LogP contribution in [-0.4, -0.2) is 25.7 Å². The van der Waals surface area contributed by atoms with Gasteiger partial charge in [-0.3, -0.25) is 0 Å². The lowest BCUT2D eigenvalue weighted by Gasteiger charge is -2.06. The summed E-state index contributed by atoms with van der Waals surface area (Å²) in [5.74, 6) is -0.241. The van der Waals surface area contributed by atoms with Gasteiger partial charge in [-0.25, -0.2) is 4.79 Å². The molecule has 0 aliphatic heterocycles. The third-order valence-corrected chi connectivity index (χ3v) is 3.73. The predicted octanol–water partition coefficient (Wildman–Crippen LogP) is 4.57. The van der Waals surface area contributed by atoms with Crippen LogP contribution in [0.2, 0.25) is 0 Å². The van der Waals surface area contributed by atoms with E-state index in [2.05, 4.69) is 12.2 Å². The van der Waals surface area contributed by atoms with Crippen LogP contribution in [0.15, 0.2) is 30.3 Å². The number of hydrogen-bond acceptors (Lipinski definition) is 3. The minimum Gasteiger partial charge on any atom is -0.461 e. The van der Waals surface area contributed by atoms with E-state index in [1.54, 1.807) is 12.1 Å². The fourth-order valence-corrected chi connectivity index (χ4v) is 2.38. The van der Waals surface area contributed by atoms with Gasteiger partial charge in [0.25, 0.3) is 0 Å². The van der Waals surface area contributed by atoms with Crippen LogP contribution in [-0.2, 0) is 4.74 Å². The Morgan fingerprint density at radius 3 is 2.23 bits per heavy atom. The quantitative estimate of drug-likeness (QED) is 0.428. The molecule has 1 aromatic rings. The highest BCUT2D eigenvalue weighted by atomic mass is 16.5. The van der Waals surface area contributed by atoms with Gasteiger partial charge in [0, 0.05) is 6.54 Å². The molecule has 0 aliphatic rings. The summed E-state index contributed by atoms with van der Waals surface area (Å²) in [4.78, 5) is 11.7. The zero-order valence-corrected chi connectivity index (χ0v) is 14.0. The Hall–Kier alpha value is -1.35. The highest BCUT2D eigenvalue weighted by molar-refractivity contribution is 5.89. The SMILES string of the molecule is CCCCCCCCCCNCCOC(=O)c1ccccc1. The first-order chi connectivity index (χ1) is 10.8. The van der Waals surface area contributed by atoms with Crippen molar-refractivity contribution >= 4 is 5.97 Å². The van der Waals surface area contributed by atoms with Crippen LogP contribution in [0.5, 0.6) is 0 Å². The zero-order valence-electron chi connectivity index (χ0n) is 14.0. The molecule has 0 amide bonds. The van der Waals surface area contributed by atoms with Crippen molar-refractivity contribution in [3.05, 3.63) is 35.9 Å². The molecule has 0 saturated heterocycles. The third-order valence-electron chi connectivity index (χ3n) is 3.73. The molecular weight excluding hydrogens is 274 g/mol. The number of carbonyl (C=O) groups excluding carboxylic acids is 1. The fourth-order valence-electron chi connectivity index (χ4n) is 2.38. The molecule has 0 atom stereocenters. The largest absolute Gasteiger partial charge is 0.461 e. The molecule has 0 unspecified atom stereocenters. The molecule has 22 heavy (non-hydrogen) atoms. The van der Waals surface area contributed by atoms with Gasteiger partial charge in [0.1, 0.15) is 6.61 Å². The van der Waals surface area contributed by atoms with Gasteiger partial charge in [0.05, 0.1) is 5.56 Å². The highest BCUT2D eigenvalue weighted by Crippen LogP contribution is 2.07. The number of hydrogen-bond donors (Lipinski definition) is 1. The summed E-state index contributed by atoms with van der Waals surface area (Å²) in [7, 11) is 0. The molecule has 0 aliphatic carbocycles. The Labute approximate surface area is 135 Å². The maximum atomic E-state index is 11.7. The van der Waals surface area contributed by atoms with Crippen LogP contribution in [0.4, 0.5) is 0 Å². The van der Waals surface area contributed by atoms with Crippen LogP contribution >= 0.6 is 0 Å². The van der Waals surface area contributed by atoms with E-state index in [4.69, 9.17) is 4.74 Å². The average molecular weight is 305 g/mol. The Kier molecular flexibility index (Phi) is 11.3. The molecule has 3 nitrogen and oxygen atoms in total. The molecule has 0 heterocycles. The maximum absolute atomic E-state index is 11.7. The van der Waals surface area contributed by atoms with E-state index in [9.17, 15) is 4.79 Å². The lowest BCUT2D eigenvalue weighted by Crippen LogP contribution is -2.22. The molecular formula is C19H31NO2. The topological polar surface area (TPSA) is 38.3 Å². The second-order valence-electron chi connectivity index (χ2n) is 5.73. The number of benzene rings is 1. The molecule has 1 aromatic carbocycles. The van der Waals surface area contributed by atoms with Crippen LogP contribution in [0.1, 0.15) is 68.6 Å². The number of esters is 1. The number of nitrogens with one attached hydrogen (secondary N) is 1. The summed E-state index contributed by atoms with van der Waals surface area (Å²) in [6.45, 7) is 4.43. The number of unbranched alkanes of at least 4 members (excludes halogenated alkanes) is 7. The first-order valence-corrected chi connectivity index (χ1v) is 8.77. The summed E-state index contributed by atoms with van der Waals surface area (Å²) >= 11 is 0. The molecule has 0 radical (unpaired) electrons. The van der Waals surface area contributed by atoms with Crippen molar-refractivity contribution in [3.63, 3.8) is 0 Å². The molecule has 0 spiro atoms. The number of carbonyl (C=O) groups is 1. The molecule has 1 N–H and O–H groups in total. The van der Waals surface area contributed by atoms with E-state index >= 15 is 0 Å². The molecule has 0 aromatic heterocycles. The standard InChI is InChI=1S/C19H31NO2/c1-2-3-4-5-6-7-8-12-15-20-16-17-22-19(21)18-13-10-9-11-14-18/h9-11,13-14,20H,2-8,12,15-17H2,1H3. The van der Waals surface area contributed by atoms with Crippen LogP contribution in [0.3, 0.4) is 0 Å². The van der Waals surface area contributed by atoms with Gasteiger partial charge in [0.2, 0.25) is 0 Å². The smallest absolute Gasteiger partial charge is 0.338 e. The summed E-state index contributed by atoms with van der Waals surface area (Å²) in [6, 6.07) is 9.13. The maximum Gasteiger partial charge on any atom is 0.338 e. The van der Waals surface area contributed by atoms with Gasteiger partial charge in [-0.15, -0.1) is 0 Å². The van der Waals surface area contributed by atoms with Crippen molar-refractivity contribution < 1.29 is 9.53 Å². The number of ether oxygens (including phenoxy) is 1. The van der Waals surface area contributed by atoms with Gasteiger partial charge >= 0.3 is 5.97 Å². The first kappa shape index (κ1) is 18.7. The first-order valence-electron chi connectivity index (χ1n) is 8.77. The molecule has 1 rings (SSSR count). The van der Waals surface area contributed by atoms with E-state index in [-0.39, 0.29) is 5.97 Å². The van der Waals surface area contributed by atoms with Gasteiger partial charge in [-0.2, -0.15) is 0 Å². The van der Waals surface area contributed by atoms with E-state index in [1.807, 2.05) is 18.2 Å². The van der Waals surface area contributed by atoms with Crippen molar-refractivity contribution in [3.8, 4) is 0 Å². The Morgan fingerprint density at radius 1 is 0.909 bits per heavy atom. The Balaban J connectivity index is 1.85. The summed E-state index contributed by atoms with van der Waals surface area (Å²) in [6.07, 6.45) is 10.7. The molecule has 0 fully saturated rings. The lowest BCUT2D eigenvalue weighted by molar-refractivity contribution is 0.0508. The molecule has 0 bridgehead atoms. The van der Waals surface area contributed by atoms with E-state index < -0.39 is 0 Å². The van der Waals surface area contributed by atoms with Crippen LogP contribution < -0.4 is 5.32 Å². The van der Waals surface area contributed by atoms with Crippen molar-refractivity contribution in [1.82, 2.24) is 5.32 Å². The fraction of sp³-hybridized carbons (Fsp3) is 0.632. The minimum absolute atomic E-state index is 0.241. The summed E-state index contributed by atoms with van der Waals surface area (Å²) < 4.78 is 5.21. The van der Waals surface area contributed by atoms with Crippen molar-refractivity contribution in [2.45, 2.75) is 58.3 Å². The average Bonchev–Trinajstić information content (AvgIpc) is 2.56. The van der Waals surface area contributed by atoms with Crippen molar-refractivity contribution in [2.75, 3.05) is 19.7 Å². The summed E-state index contributed by atoms with van der Waals surface area (Å²) in [5, 5.41) is 3.33. The van der Waals surface area contributed by atoms with Gasteiger partial charge in [0.15, 0.2) is 0 Å². The monoisotopic (exact) mass is 305 g/mol. The normalized spacial score (nSPS) is 10.6. The van der Waals surface area contributed by atoms with Gasteiger partial charge in [-0.05, 0) is 25.1 Å². The van der Waals surface area contributed by atoms with E-state index in [1.165, 1.54) is 51.4 Å². The second-order valence-corrected chi connectivity index (χ2v) is 5.73. The highest BCUT2D eigenvalue weighted by Gasteiger charge is 2.04. The van der Waals surface area contributed by atoms with Crippen LogP contribution in [0.25, 0.3) is 0 Å². The third kappa shape index (κ3) is 9.56. The van der Waals surface area contributed by atoms with Gasteiger partial charge in [-0.1, -0.05) is 70.1 Å². The second kappa shape index (κ2) is 13.3. The lowest BCUT2D eigenvalue weighted by atomic mass is 10.1. The van der Waals surface area contributed by atoms with Crippen molar-refractivity contribution in [1.29, 1.82) is 0 Å². The van der Waals surface area contributed by atoms with E-state index in [0.717, 1.165) is 13.1 Å². The molecule has 3 heteroatoms. The Morgan fingerprint density at radius 2 is 1.55 bits per heavy atom. The zero-order chi connectivity index (χ0) is 15.9. The van der Waals surface area contributed by atoms with Gasteiger partial charge < -0.3 is 10.1 Å². The summed E-state index contributed by atoms with van der Waals surface area (Å²) in [5.41, 5.74) is 0.616. The molecule has 0 saturated carbocycles. The van der Waals surface area contributed by atoms with E-state index in [0.29, 0.717) is 12.2 Å². The Bertz CT molecular complexity index is 378. The van der Waals surface area contributed by atoms with Crippen LogP contribution in [0, 0.1) is 0 Å².